The average Bonchev–Trinajstić information content (AvgIpc) is 2.82. The van der Waals surface area contributed by atoms with Gasteiger partial charge in [-0.05, 0) is 51.4 Å². The summed E-state index contributed by atoms with van der Waals surface area (Å²) in [4.78, 5) is 2.62. The number of hydrogen-bond donors (Lipinski definition) is 2. The topological polar surface area (TPSA) is 50.2 Å². The van der Waals surface area contributed by atoms with Gasteiger partial charge in [-0.3, -0.25) is 4.90 Å². The van der Waals surface area contributed by atoms with Crippen LogP contribution in [-0.4, -0.2) is 75.2 Å². The van der Waals surface area contributed by atoms with Crippen LogP contribution in [0.15, 0.2) is 0 Å². The third-order valence-electron chi connectivity index (χ3n) is 6.29. The van der Waals surface area contributed by atoms with Crippen molar-refractivity contribution in [2.75, 3.05) is 13.7 Å². The Kier molecular flexibility index (Phi) is 3.74. The molecular formula is C16H29N3O2. The molecule has 0 aromatic carbocycles. The van der Waals surface area contributed by atoms with Gasteiger partial charge in [0.15, 0.2) is 0 Å². The first-order valence-corrected chi connectivity index (χ1v) is 8.73. The van der Waals surface area contributed by atoms with E-state index in [1.54, 1.807) is 0 Å². The fraction of sp³-hybridized carbons (Fsp3) is 1.00. The molecule has 4 unspecified atom stereocenters. The summed E-state index contributed by atoms with van der Waals surface area (Å²) in [6.45, 7) is 0.991. The SMILES string of the molecule is CN(CN1C2CCC1CC(O)C2)N1C2CCC1CC(O)C2. The third-order valence-corrected chi connectivity index (χ3v) is 6.29. The van der Waals surface area contributed by atoms with Crippen LogP contribution in [0.4, 0.5) is 0 Å². The number of hydrazine groups is 1. The van der Waals surface area contributed by atoms with Crippen LogP contribution in [0.5, 0.6) is 0 Å². The van der Waals surface area contributed by atoms with Gasteiger partial charge in [-0.25, -0.2) is 10.0 Å². The van der Waals surface area contributed by atoms with Crippen LogP contribution in [0.1, 0.15) is 51.4 Å². The van der Waals surface area contributed by atoms with Crippen LogP contribution in [-0.2, 0) is 0 Å². The zero-order chi connectivity index (χ0) is 14.6. The molecule has 0 spiro atoms. The molecule has 5 nitrogen and oxygen atoms in total. The zero-order valence-electron chi connectivity index (χ0n) is 13.1. The van der Waals surface area contributed by atoms with Crippen LogP contribution in [0.25, 0.3) is 0 Å². The lowest BCUT2D eigenvalue weighted by atomic mass is 10.0. The second-order valence-corrected chi connectivity index (χ2v) is 7.71. The molecule has 4 aliphatic rings. The first kappa shape index (κ1) is 14.4. The fourth-order valence-corrected chi connectivity index (χ4v) is 5.47. The molecule has 0 saturated carbocycles. The third kappa shape index (κ3) is 2.53. The van der Waals surface area contributed by atoms with Crippen molar-refractivity contribution in [3.8, 4) is 0 Å². The lowest BCUT2D eigenvalue weighted by Gasteiger charge is -2.46. The molecule has 5 heteroatoms. The van der Waals surface area contributed by atoms with E-state index in [0.717, 1.165) is 32.4 Å². The minimum Gasteiger partial charge on any atom is -0.393 e. The largest absolute Gasteiger partial charge is 0.393 e. The van der Waals surface area contributed by atoms with Crippen LogP contribution >= 0.6 is 0 Å². The van der Waals surface area contributed by atoms with Crippen molar-refractivity contribution in [2.45, 2.75) is 87.7 Å². The van der Waals surface area contributed by atoms with E-state index in [9.17, 15) is 10.2 Å². The second-order valence-electron chi connectivity index (χ2n) is 7.71. The summed E-state index contributed by atoms with van der Waals surface area (Å²) in [6.07, 6.45) is 8.58. The Labute approximate surface area is 127 Å². The van der Waals surface area contributed by atoms with Crippen LogP contribution in [0, 0.1) is 0 Å². The predicted molar refractivity (Wildman–Crippen MR) is 80.4 cm³/mol. The van der Waals surface area contributed by atoms with E-state index in [4.69, 9.17) is 0 Å². The summed E-state index contributed by atoms with van der Waals surface area (Å²) in [5, 5.41) is 24.9. The van der Waals surface area contributed by atoms with Gasteiger partial charge in [0.25, 0.3) is 0 Å². The molecule has 120 valence electrons. The summed E-state index contributed by atoms with van der Waals surface area (Å²) in [5.41, 5.74) is 0. The standard InChI is InChI=1S/C16H29N3O2/c1-17(19-13-4-5-14(19)9-16(21)8-13)10-18-11-2-3-12(18)7-15(20)6-11/h11-16,20-21H,2-10H2,1H3. The highest BCUT2D eigenvalue weighted by Gasteiger charge is 2.45. The summed E-state index contributed by atoms with van der Waals surface area (Å²) < 4.78 is 0. The van der Waals surface area contributed by atoms with Crippen molar-refractivity contribution in [1.29, 1.82) is 0 Å². The second kappa shape index (κ2) is 5.46. The van der Waals surface area contributed by atoms with Crippen LogP contribution < -0.4 is 0 Å². The van der Waals surface area contributed by atoms with Gasteiger partial charge in [0.1, 0.15) is 0 Å². The molecule has 2 N–H and O–H groups in total. The lowest BCUT2D eigenvalue weighted by molar-refractivity contribution is -0.129. The highest BCUT2D eigenvalue weighted by molar-refractivity contribution is 4.97. The van der Waals surface area contributed by atoms with Gasteiger partial charge in [0.2, 0.25) is 0 Å². The molecule has 4 atom stereocenters. The Bertz CT molecular complexity index is 366. The molecule has 0 radical (unpaired) electrons. The van der Waals surface area contributed by atoms with E-state index in [-0.39, 0.29) is 12.2 Å². The summed E-state index contributed by atoms with van der Waals surface area (Å²) in [6, 6.07) is 2.23. The number of aliphatic hydroxyl groups excluding tert-OH is 2. The van der Waals surface area contributed by atoms with Crippen molar-refractivity contribution < 1.29 is 10.2 Å². The molecule has 21 heavy (non-hydrogen) atoms. The zero-order valence-corrected chi connectivity index (χ0v) is 13.1. The lowest BCUT2D eigenvalue weighted by Crippen LogP contribution is -2.58. The smallest absolute Gasteiger partial charge is 0.0650 e. The summed E-state index contributed by atoms with van der Waals surface area (Å²) in [5.74, 6) is 0. The normalized spacial score (nSPS) is 47.4. The van der Waals surface area contributed by atoms with E-state index >= 15 is 0 Å². The van der Waals surface area contributed by atoms with Crippen molar-refractivity contribution >= 4 is 0 Å². The Morgan fingerprint density at radius 1 is 0.810 bits per heavy atom. The molecule has 4 aliphatic heterocycles. The molecule has 4 bridgehead atoms. The van der Waals surface area contributed by atoms with Gasteiger partial charge in [-0.1, -0.05) is 0 Å². The summed E-state index contributed by atoms with van der Waals surface area (Å²) in [7, 11) is 2.22. The first-order chi connectivity index (χ1) is 10.1. The fourth-order valence-electron chi connectivity index (χ4n) is 5.47. The monoisotopic (exact) mass is 295 g/mol. The maximum absolute atomic E-state index is 9.95. The quantitative estimate of drug-likeness (QED) is 0.805. The number of hydrogen-bond acceptors (Lipinski definition) is 5. The Morgan fingerprint density at radius 3 is 1.76 bits per heavy atom. The molecular weight excluding hydrogens is 266 g/mol. The molecule has 4 saturated heterocycles. The molecule has 4 fully saturated rings. The molecule has 4 heterocycles. The van der Waals surface area contributed by atoms with E-state index in [1.807, 2.05) is 0 Å². The van der Waals surface area contributed by atoms with Gasteiger partial charge < -0.3 is 10.2 Å². The van der Waals surface area contributed by atoms with Crippen molar-refractivity contribution in [2.24, 2.45) is 0 Å². The maximum atomic E-state index is 9.95. The minimum atomic E-state index is -0.0894. The Hall–Kier alpha value is -0.200. The average molecular weight is 295 g/mol. The highest BCUT2D eigenvalue weighted by atomic mass is 16.3. The number of fused-ring (bicyclic) bond motifs is 4. The minimum absolute atomic E-state index is 0.0784. The molecule has 0 amide bonds. The highest BCUT2D eigenvalue weighted by Crippen LogP contribution is 2.39. The van der Waals surface area contributed by atoms with Gasteiger partial charge in [0.05, 0.1) is 18.9 Å². The molecule has 4 rings (SSSR count). The number of aliphatic hydroxyl groups is 2. The Morgan fingerprint density at radius 2 is 1.24 bits per heavy atom. The number of rotatable bonds is 3. The molecule has 0 aromatic heterocycles. The first-order valence-electron chi connectivity index (χ1n) is 8.73. The van der Waals surface area contributed by atoms with Crippen molar-refractivity contribution in [3.05, 3.63) is 0 Å². The molecule has 0 aromatic rings. The molecule has 0 aliphatic carbocycles. The van der Waals surface area contributed by atoms with E-state index in [0.29, 0.717) is 24.2 Å². The predicted octanol–water partition coefficient (Wildman–Crippen LogP) is 0.766. The van der Waals surface area contributed by atoms with Gasteiger partial charge in [-0.15, -0.1) is 0 Å². The van der Waals surface area contributed by atoms with E-state index in [1.165, 1.54) is 25.7 Å². The van der Waals surface area contributed by atoms with E-state index in [2.05, 4.69) is 22.0 Å². The van der Waals surface area contributed by atoms with Crippen LogP contribution in [0.3, 0.4) is 0 Å². The number of nitrogens with zero attached hydrogens (tertiary/aromatic N) is 3. The van der Waals surface area contributed by atoms with E-state index < -0.39 is 0 Å². The van der Waals surface area contributed by atoms with Crippen molar-refractivity contribution in [3.63, 3.8) is 0 Å². The van der Waals surface area contributed by atoms with Gasteiger partial charge in [-0.2, -0.15) is 0 Å². The van der Waals surface area contributed by atoms with Crippen molar-refractivity contribution in [1.82, 2.24) is 14.9 Å². The maximum Gasteiger partial charge on any atom is 0.0650 e. The van der Waals surface area contributed by atoms with Gasteiger partial charge >= 0.3 is 0 Å². The Balaban J connectivity index is 1.41. The van der Waals surface area contributed by atoms with Crippen LogP contribution in [0.2, 0.25) is 0 Å². The van der Waals surface area contributed by atoms with Gasteiger partial charge in [0, 0.05) is 31.2 Å². The number of piperidine rings is 2. The summed E-state index contributed by atoms with van der Waals surface area (Å²) >= 11 is 0.